The lowest BCUT2D eigenvalue weighted by molar-refractivity contribution is -0.123. The third kappa shape index (κ3) is 4.40. The molecule has 0 radical (unpaired) electrons. The second kappa shape index (κ2) is 9.41. The summed E-state index contributed by atoms with van der Waals surface area (Å²) in [5.74, 6) is 0.411. The van der Waals surface area contributed by atoms with E-state index in [1.807, 2.05) is 18.5 Å². The van der Waals surface area contributed by atoms with Gasteiger partial charge in [-0.05, 0) is 49.4 Å². The average molecular weight is 405 g/mol. The highest BCUT2D eigenvalue weighted by Crippen LogP contribution is 2.30. The zero-order valence-electron chi connectivity index (χ0n) is 18.1. The second-order valence-electron chi connectivity index (χ2n) is 8.44. The molecule has 0 bridgehead atoms. The number of pyridine rings is 1. The van der Waals surface area contributed by atoms with Crippen LogP contribution in [0.15, 0.2) is 49.1 Å². The first-order valence-electron chi connectivity index (χ1n) is 11.4. The summed E-state index contributed by atoms with van der Waals surface area (Å²) in [6.45, 7) is 5.02. The van der Waals surface area contributed by atoms with Crippen molar-refractivity contribution in [1.29, 1.82) is 0 Å². The lowest BCUT2D eigenvalue weighted by Gasteiger charge is -2.36. The van der Waals surface area contributed by atoms with Crippen LogP contribution in [0.25, 0.3) is 11.4 Å². The summed E-state index contributed by atoms with van der Waals surface area (Å²) >= 11 is 0. The van der Waals surface area contributed by atoms with E-state index in [4.69, 9.17) is 0 Å². The Hall–Kier alpha value is -2.69. The molecule has 1 aromatic carbocycles. The number of carbonyl (C=O) groups excluding carboxylic acids is 1. The number of anilines is 1. The van der Waals surface area contributed by atoms with Gasteiger partial charge in [-0.15, -0.1) is 0 Å². The number of fused-ring (bicyclic) bond motifs is 1. The van der Waals surface area contributed by atoms with Crippen LogP contribution in [0.2, 0.25) is 0 Å². The Kier molecular flexibility index (Phi) is 6.46. The van der Waals surface area contributed by atoms with Crippen LogP contribution in [0.3, 0.4) is 0 Å². The fourth-order valence-electron chi connectivity index (χ4n) is 4.64. The molecule has 2 aliphatic heterocycles. The molecule has 1 saturated carbocycles. The van der Waals surface area contributed by atoms with Crippen molar-refractivity contribution in [3.05, 3.63) is 54.6 Å². The Labute approximate surface area is 179 Å². The molecule has 0 N–H and O–H groups in total. The first-order chi connectivity index (χ1) is 14.7. The first-order valence-corrected chi connectivity index (χ1v) is 11.4. The molecule has 5 nitrogen and oxygen atoms in total. The minimum atomic E-state index is 0.111. The van der Waals surface area contributed by atoms with E-state index >= 15 is 0 Å². The normalized spacial score (nSPS) is 15.0. The Morgan fingerprint density at radius 2 is 1.73 bits per heavy atom. The van der Waals surface area contributed by atoms with Crippen molar-refractivity contribution in [1.82, 2.24) is 14.5 Å². The molecular formula is C25H32N4O. The molecule has 3 aliphatic rings. The molecule has 0 aromatic heterocycles. The van der Waals surface area contributed by atoms with E-state index in [2.05, 4.69) is 57.5 Å². The molecule has 0 unspecified atom stereocenters. The van der Waals surface area contributed by atoms with Crippen molar-refractivity contribution >= 4 is 11.6 Å². The van der Waals surface area contributed by atoms with Crippen molar-refractivity contribution < 1.29 is 4.79 Å². The van der Waals surface area contributed by atoms with Gasteiger partial charge < -0.3 is 9.47 Å². The van der Waals surface area contributed by atoms with Crippen LogP contribution in [-0.4, -0.2) is 26.5 Å². The molecule has 1 fully saturated rings. The monoisotopic (exact) mass is 404 g/mol. The first kappa shape index (κ1) is 20.6. The van der Waals surface area contributed by atoms with Gasteiger partial charge in [-0.1, -0.05) is 45.2 Å². The van der Waals surface area contributed by atoms with Crippen molar-refractivity contribution in [3.63, 3.8) is 0 Å². The minimum Gasteiger partial charge on any atom is -0.348 e. The molecule has 4 rings (SSSR count). The summed E-state index contributed by atoms with van der Waals surface area (Å²) in [6.07, 6.45) is 13.4. The molecule has 0 spiro atoms. The van der Waals surface area contributed by atoms with Gasteiger partial charge in [-0.2, -0.15) is 0 Å². The van der Waals surface area contributed by atoms with Crippen molar-refractivity contribution in [2.75, 3.05) is 4.90 Å². The van der Waals surface area contributed by atoms with E-state index in [0.717, 1.165) is 49.3 Å². The number of nitrogens with zero attached hydrogens (tertiary/aromatic N) is 4. The summed E-state index contributed by atoms with van der Waals surface area (Å²) in [7, 11) is 0. The Morgan fingerprint density at radius 1 is 1.03 bits per heavy atom. The summed E-state index contributed by atoms with van der Waals surface area (Å²) in [6, 6.07) is 10.9. The summed E-state index contributed by atoms with van der Waals surface area (Å²) in [5, 5.41) is 0. The van der Waals surface area contributed by atoms with Crippen LogP contribution in [0.5, 0.6) is 0 Å². The molecule has 30 heavy (non-hydrogen) atoms. The van der Waals surface area contributed by atoms with Gasteiger partial charge in [0.05, 0.1) is 5.69 Å². The Morgan fingerprint density at radius 3 is 2.43 bits per heavy atom. The summed E-state index contributed by atoms with van der Waals surface area (Å²) in [5.41, 5.74) is 4.09. The van der Waals surface area contributed by atoms with Gasteiger partial charge in [0.2, 0.25) is 5.91 Å². The number of hydrogen-bond donors (Lipinski definition) is 0. The van der Waals surface area contributed by atoms with Crippen molar-refractivity contribution in [2.24, 2.45) is 5.92 Å². The molecule has 1 aromatic rings. The number of carbonyl (C=O) groups is 1. The molecule has 158 valence electrons. The standard InChI is InChI=1S/C25H32N4O/c1-3-20(4-2)25(30)29(21-8-6-5-7-9-21)22-12-10-19(11-13-22)16-28-15-14-23-24(17-28)27-18-26-23/h10-15,17-18,20-21H,3-9,16H2,1-2H3. The van der Waals surface area contributed by atoms with Crippen LogP contribution < -0.4 is 4.90 Å². The van der Waals surface area contributed by atoms with Gasteiger partial charge in [0.1, 0.15) is 12.0 Å². The molecule has 0 atom stereocenters. The van der Waals surface area contributed by atoms with Crippen LogP contribution in [0.4, 0.5) is 5.69 Å². The average Bonchev–Trinajstić information content (AvgIpc) is 3.25. The van der Waals surface area contributed by atoms with E-state index in [0.29, 0.717) is 11.9 Å². The van der Waals surface area contributed by atoms with Gasteiger partial charge in [0.15, 0.2) is 0 Å². The van der Waals surface area contributed by atoms with Crippen LogP contribution in [0, 0.1) is 5.92 Å². The van der Waals surface area contributed by atoms with E-state index in [1.54, 1.807) is 6.33 Å². The fraction of sp³-hybridized carbons (Fsp3) is 0.480. The minimum absolute atomic E-state index is 0.111. The number of rotatable bonds is 7. The third-order valence-electron chi connectivity index (χ3n) is 6.46. The van der Waals surface area contributed by atoms with Gasteiger partial charge in [-0.25, -0.2) is 9.97 Å². The van der Waals surface area contributed by atoms with E-state index in [9.17, 15) is 4.79 Å². The zero-order chi connectivity index (χ0) is 20.9. The van der Waals surface area contributed by atoms with Crippen molar-refractivity contribution in [2.45, 2.75) is 71.4 Å². The highest BCUT2D eigenvalue weighted by Gasteiger charge is 2.30. The van der Waals surface area contributed by atoms with Gasteiger partial charge >= 0.3 is 0 Å². The van der Waals surface area contributed by atoms with Crippen molar-refractivity contribution in [3.8, 4) is 11.4 Å². The van der Waals surface area contributed by atoms with E-state index < -0.39 is 0 Å². The van der Waals surface area contributed by atoms with Gasteiger partial charge in [-0.3, -0.25) is 4.79 Å². The second-order valence-corrected chi connectivity index (χ2v) is 8.44. The number of amides is 1. The lowest BCUT2D eigenvalue weighted by Crippen LogP contribution is -2.44. The molecule has 5 heteroatoms. The van der Waals surface area contributed by atoms with Gasteiger partial charge in [0.25, 0.3) is 0 Å². The predicted octanol–water partition coefficient (Wildman–Crippen LogP) is 5.53. The highest BCUT2D eigenvalue weighted by molar-refractivity contribution is 5.95. The maximum atomic E-state index is 13.4. The summed E-state index contributed by atoms with van der Waals surface area (Å²) < 4.78 is 2.13. The molecule has 2 heterocycles. The Bertz CT molecular complexity index is 922. The topological polar surface area (TPSA) is 51.0 Å². The maximum absolute atomic E-state index is 13.4. The van der Waals surface area contributed by atoms with E-state index in [1.165, 1.54) is 24.8 Å². The fourth-order valence-corrected chi connectivity index (χ4v) is 4.64. The van der Waals surface area contributed by atoms with E-state index in [-0.39, 0.29) is 5.92 Å². The smallest absolute Gasteiger partial charge is 0.230 e. The molecule has 0 saturated heterocycles. The molecule has 1 amide bonds. The maximum Gasteiger partial charge on any atom is 0.230 e. The molecular weight excluding hydrogens is 372 g/mol. The van der Waals surface area contributed by atoms with Crippen LogP contribution in [0.1, 0.15) is 64.4 Å². The highest BCUT2D eigenvalue weighted by atomic mass is 16.2. The largest absolute Gasteiger partial charge is 0.348 e. The number of imidazole rings is 1. The summed E-state index contributed by atoms with van der Waals surface area (Å²) in [4.78, 5) is 24.0. The number of aromatic nitrogens is 3. The number of hydrogen-bond acceptors (Lipinski definition) is 3. The lowest BCUT2D eigenvalue weighted by atomic mass is 9.91. The van der Waals surface area contributed by atoms with Gasteiger partial charge in [0, 0.05) is 36.6 Å². The third-order valence-corrected chi connectivity index (χ3v) is 6.46. The van der Waals surface area contributed by atoms with Crippen LogP contribution >= 0.6 is 0 Å². The predicted molar refractivity (Wildman–Crippen MR) is 121 cm³/mol. The van der Waals surface area contributed by atoms with Crippen LogP contribution in [-0.2, 0) is 11.3 Å². The zero-order valence-corrected chi connectivity index (χ0v) is 18.1. The SMILES string of the molecule is CCC(CC)C(=O)N(c1ccc(Cn2ccc3ncnc-3c2)cc1)C1CCCCC1. The number of benzene rings is 1. The Balaban J connectivity index is 1.55. The quantitative estimate of drug-likeness (QED) is 0.520. The molecule has 1 aliphatic carbocycles.